The lowest BCUT2D eigenvalue weighted by Crippen LogP contribution is -2.40. The monoisotopic (exact) mass is 345 g/mol. The quantitative estimate of drug-likeness (QED) is 0.598. The molecule has 1 aromatic carbocycles. The van der Waals surface area contributed by atoms with Crippen molar-refractivity contribution in [1.29, 1.82) is 0 Å². The molecule has 0 fully saturated rings. The molecule has 0 spiro atoms. The van der Waals surface area contributed by atoms with E-state index in [-0.39, 0.29) is 0 Å². The van der Waals surface area contributed by atoms with Crippen molar-refractivity contribution >= 4 is 17.3 Å². The minimum Gasteiger partial charge on any atom is -0.386 e. The predicted octanol–water partition coefficient (Wildman–Crippen LogP) is 3.23. The lowest BCUT2D eigenvalue weighted by Gasteiger charge is -2.22. The molecule has 0 aliphatic heterocycles. The van der Waals surface area contributed by atoms with Gasteiger partial charge in [0.25, 0.3) is 0 Å². The van der Waals surface area contributed by atoms with Crippen LogP contribution in [0, 0.1) is 6.92 Å². The summed E-state index contributed by atoms with van der Waals surface area (Å²) in [6, 6.07) is 12.2. The number of hydrogen-bond acceptors (Lipinski definition) is 3. The standard InChI is InChI=1S/C19H27N3OS/c1-4-20-19(22(3)11-10-17-9-6-12-24-17)21-14-18(23)16-8-5-7-15(2)13-16/h5-9,12-13,18,23H,4,10-11,14H2,1-3H3,(H,20,21). The van der Waals surface area contributed by atoms with Crippen molar-refractivity contribution in [1.82, 2.24) is 10.2 Å². The number of aliphatic hydroxyl groups excluding tert-OH is 1. The van der Waals surface area contributed by atoms with E-state index in [2.05, 4.69) is 39.6 Å². The normalized spacial score (nSPS) is 12.9. The Labute approximate surface area is 148 Å². The summed E-state index contributed by atoms with van der Waals surface area (Å²) in [6.45, 7) is 6.15. The number of aliphatic hydroxyl groups is 1. The Balaban J connectivity index is 1.95. The number of rotatable bonds is 7. The average molecular weight is 346 g/mol. The molecule has 130 valence electrons. The third-order valence-corrected chi connectivity index (χ3v) is 4.75. The minimum absolute atomic E-state index is 0.356. The predicted molar refractivity (Wildman–Crippen MR) is 103 cm³/mol. The zero-order chi connectivity index (χ0) is 17.4. The molecule has 0 radical (unpaired) electrons. The molecule has 0 saturated carbocycles. The first-order valence-corrected chi connectivity index (χ1v) is 9.24. The zero-order valence-electron chi connectivity index (χ0n) is 14.7. The maximum Gasteiger partial charge on any atom is 0.193 e. The van der Waals surface area contributed by atoms with Crippen LogP contribution in [0.15, 0.2) is 46.8 Å². The van der Waals surface area contributed by atoms with E-state index in [1.807, 2.05) is 38.2 Å². The molecule has 1 aromatic heterocycles. The molecule has 0 amide bonds. The van der Waals surface area contributed by atoms with Crippen molar-refractivity contribution in [3.63, 3.8) is 0 Å². The SMILES string of the molecule is CCNC(=NCC(O)c1cccc(C)c1)N(C)CCc1cccs1. The molecule has 2 aromatic rings. The van der Waals surface area contributed by atoms with E-state index < -0.39 is 6.10 Å². The van der Waals surface area contributed by atoms with Crippen LogP contribution in [0.2, 0.25) is 0 Å². The average Bonchev–Trinajstić information content (AvgIpc) is 3.09. The maximum atomic E-state index is 10.4. The highest BCUT2D eigenvalue weighted by molar-refractivity contribution is 7.09. The van der Waals surface area contributed by atoms with Crippen molar-refractivity contribution < 1.29 is 5.11 Å². The highest BCUT2D eigenvalue weighted by Gasteiger charge is 2.10. The van der Waals surface area contributed by atoms with E-state index in [0.29, 0.717) is 6.54 Å². The van der Waals surface area contributed by atoms with Crippen LogP contribution in [0.1, 0.15) is 29.0 Å². The second-order valence-electron chi connectivity index (χ2n) is 5.88. The van der Waals surface area contributed by atoms with Crippen molar-refractivity contribution in [3.8, 4) is 0 Å². The Kier molecular flexibility index (Phi) is 7.28. The number of hydrogen-bond donors (Lipinski definition) is 2. The summed E-state index contributed by atoms with van der Waals surface area (Å²) in [7, 11) is 2.04. The number of guanidine groups is 1. The molecule has 24 heavy (non-hydrogen) atoms. The lowest BCUT2D eigenvalue weighted by atomic mass is 10.1. The van der Waals surface area contributed by atoms with Gasteiger partial charge in [-0.2, -0.15) is 0 Å². The highest BCUT2D eigenvalue weighted by Crippen LogP contribution is 2.15. The lowest BCUT2D eigenvalue weighted by molar-refractivity contribution is 0.186. The van der Waals surface area contributed by atoms with Gasteiger partial charge in [0, 0.05) is 25.0 Å². The highest BCUT2D eigenvalue weighted by atomic mass is 32.1. The van der Waals surface area contributed by atoms with E-state index in [1.165, 1.54) is 4.88 Å². The van der Waals surface area contributed by atoms with Gasteiger partial charge in [-0.3, -0.25) is 4.99 Å². The van der Waals surface area contributed by atoms with Crippen molar-refractivity contribution in [2.45, 2.75) is 26.4 Å². The summed E-state index contributed by atoms with van der Waals surface area (Å²) >= 11 is 1.78. The summed E-state index contributed by atoms with van der Waals surface area (Å²) < 4.78 is 0. The Morgan fingerprint density at radius 1 is 1.33 bits per heavy atom. The molecule has 0 saturated heterocycles. The number of aryl methyl sites for hydroxylation is 1. The Hall–Kier alpha value is -1.85. The van der Waals surface area contributed by atoms with Gasteiger partial charge >= 0.3 is 0 Å². The van der Waals surface area contributed by atoms with Crippen LogP contribution in [0.4, 0.5) is 0 Å². The third-order valence-electron chi connectivity index (χ3n) is 3.81. The van der Waals surface area contributed by atoms with Crippen LogP contribution in [0.3, 0.4) is 0 Å². The van der Waals surface area contributed by atoms with E-state index in [9.17, 15) is 5.11 Å². The summed E-state index contributed by atoms with van der Waals surface area (Å²) in [5.41, 5.74) is 2.06. The van der Waals surface area contributed by atoms with E-state index in [4.69, 9.17) is 0 Å². The molecule has 1 heterocycles. The maximum absolute atomic E-state index is 10.4. The smallest absolute Gasteiger partial charge is 0.193 e. The fourth-order valence-electron chi connectivity index (χ4n) is 2.46. The molecule has 4 nitrogen and oxygen atoms in total. The fourth-order valence-corrected chi connectivity index (χ4v) is 3.16. The van der Waals surface area contributed by atoms with E-state index in [0.717, 1.165) is 36.6 Å². The molecular formula is C19H27N3OS. The van der Waals surface area contributed by atoms with Crippen LogP contribution in [-0.4, -0.2) is 42.6 Å². The van der Waals surface area contributed by atoms with Gasteiger partial charge in [0.1, 0.15) is 0 Å². The van der Waals surface area contributed by atoms with Gasteiger partial charge in [0.15, 0.2) is 5.96 Å². The number of aliphatic imine (C=N–C) groups is 1. The molecule has 2 N–H and O–H groups in total. The largest absolute Gasteiger partial charge is 0.386 e. The number of benzene rings is 1. The van der Waals surface area contributed by atoms with Crippen molar-refractivity contribution in [2.24, 2.45) is 4.99 Å². The molecular weight excluding hydrogens is 318 g/mol. The number of likely N-dealkylation sites (N-methyl/N-ethyl adjacent to an activating group) is 1. The Morgan fingerprint density at radius 2 is 2.17 bits per heavy atom. The fraction of sp³-hybridized carbons (Fsp3) is 0.421. The van der Waals surface area contributed by atoms with E-state index >= 15 is 0 Å². The van der Waals surface area contributed by atoms with Gasteiger partial charge in [0.2, 0.25) is 0 Å². The minimum atomic E-state index is -0.579. The molecule has 1 atom stereocenters. The van der Waals surface area contributed by atoms with Crippen LogP contribution in [0.25, 0.3) is 0 Å². The summed E-state index contributed by atoms with van der Waals surface area (Å²) in [5, 5.41) is 15.8. The van der Waals surface area contributed by atoms with Gasteiger partial charge < -0.3 is 15.3 Å². The Bertz CT molecular complexity index is 640. The Morgan fingerprint density at radius 3 is 2.83 bits per heavy atom. The first kappa shape index (κ1) is 18.5. The second-order valence-corrected chi connectivity index (χ2v) is 6.91. The number of nitrogens with one attached hydrogen (secondary N) is 1. The molecule has 0 aliphatic carbocycles. The van der Waals surface area contributed by atoms with Gasteiger partial charge in [-0.15, -0.1) is 11.3 Å². The molecule has 0 aliphatic rings. The van der Waals surface area contributed by atoms with Crippen LogP contribution in [0.5, 0.6) is 0 Å². The van der Waals surface area contributed by atoms with Crippen molar-refractivity contribution in [3.05, 3.63) is 57.8 Å². The molecule has 5 heteroatoms. The third kappa shape index (κ3) is 5.65. The van der Waals surface area contributed by atoms with Gasteiger partial charge in [0.05, 0.1) is 12.6 Å². The summed E-state index contributed by atoms with van der Waals surface area (Å²) in [5.74, 6) is 0.834. The number of thiophene rings is 1. The van der Waals surface area contributed by atoms with Gasteiger partial charge in [-0.25, -0.2) is 0 Å². The zero-order valence-corrected chi connectivity index (χ0v) is 15.5. The second kappa shape index (κ2) is 9.45. The molecule has 2 rings (SSSR count). The first-order chi connectivity index (χ1) is 11.6. The van der Waals surface area contributed by atoms with Gasteiger partial charge in [-0.1, -0.05) is 35.9 Å². The molecule has 0 bridgehead atoms. The van der Waals surface area contributed by atoms with Crippen LogP contribution < -0.4 is 5.32 Å². The summed E-state index contributed by atoms with van der Waals surface area (Å²) in [6.07, 6.45) is 0.420. The van der Waals surface area contributed by atoms with Crippen molar-refractivity contribution in [2.75, 3.05) is 26.7 Å². The van der Waals surface area contributed by atoms with E-state index in [1.54, 1.807) is 11.3 Å². The molecule has 1 unspecified atom stereocenters. The van der Waals surface area contributed by atoms with Crippen LogP contribution in [-0.2, 0) is 6.42 Å². The number of nitrogens with zero attached hydrogens (tertiary/aromatic N) is 2. The first-order valence-electron chi connectivity index (χ1n) is 8.36. The van der Waals surface area contributed by atoms with Gasteiger partial charge in [-0.05, 0) is 37.3 Å². The van der Waals surface area contributed by atoms with Crippen LogP contribution >= 0.6 is 11.3 Å². The topological polar surface area (TPSA) is 47.9 Å². The summed E-state index contributed by atoms with van der Waals surface area (Å²) in [4.78, 5) is 8.09.